The molecule has 0 atom stereocenters. The molecule has 0 unspecified atom stereocenters. The molecule has 0 aliphatic carbocycles. The predicted molar refractivity (Wildman–Crippen MR) is 88.1 cm³/mol. The summed E-state index contributed by atoms with van der Waals surface area (Å²) in [5, 5.41) is 0. The van der Waals surface area contributed by atoms with Gasteiger partial charge in [0.25, 0.3) is 0 Å². The quantitative estimate of drug-likeness (QED) is 0.666. The third-order valence-electron chi connectivity index (χ3n) is 2.73. The monoisotopic (exact) mass is 381 g/mol. The van der Waals surface area contributed by atoms with E-state index in [2.05, 4.69) is 26.9 Å². The molecular formula is C13H20BrNO3S2. The SMILES string of the molecule is COc1ccc(Br)cc1S(=O)(=O)NCCCCCSC. The second-order valence-corrected chi connectivity index (χ2v) is 7.88. The Morgan fingerprint density at radius 1 is 1.30 bits per heavy atom. The number of halogens is 1. The Morgan fingerprint density at radius 3 is 2.70 bits per heavy atom. The third kappa shape index (κ3) is 5.63. The molecule has 0 aliphatic heterocycles. The number of benzene rings is 1. The molecular weight excluding hydrogens is 362 g/mol. The van der Waals surface area contributed by atoms with Crippen LogP contribution < -0.4 is 9.46 Å². The van der Waals surface area contributed by atoms with Gasteiger partial charge < -0.3 is 4.74 Å². The van der Waals surface area contributed by atoms with Gasteiger partial charge >= 0.3 is 0 Å². The van der Waals surface area contributed by atoms with Crippen molar-refractivity contribution in [2.24, 2.45) is 0 Å². The highest BCUT2D eigenvalue weighted by Crippen LogP contribution is 2.27. The van der Waals surface area contributed by atoms with E-state index in [-0.39, 0.29) is 4.90 Å². The highest BCUT2D eigenvalue weighted by atomic mass is 79.9. The highest BCUT2D eigenvalue weighted by Gasteiger charge is 2.19. The first-order valence-electron chi connectivity index (χ1n) is 6.33. The van der Waals surface area contributed by atoms with Crippen LogP contribution in [0.4, 0.5) is 0 Å². The number of sulfonamides is 1. The summed E-state index contributed by atoms with van der Waals surface area (Å²) in [6.07, 6.45) is 5.06. The summed E-state index contributed by atoms with van der Waals surface area (Å²) in [6.45, 7) is 0.451. The van der Waals surface area contributed by atoms with Gasteiger partial charge in [0.05, 0.1) is 7.11 Å². The van der Waals surface area contributed by atoms with E-state index in [1.54, 1.807) is 18.2 Å². The van der Waals surface area contributed by atoms with Crippen molar-refractivity contribution in [2.45, 2.75) is 24.2 Å². The summed E-state index contributed by atoms with van der Waals surface area (Å²) >= 11 is 5.09. The number of rotatable bonds is 9. The molecule has 0 radical (unpaired) electrons. The second kappa shape index (κ2) is 8.92. The molecule has 0 spiro atoms. The largest absolute Gasteiger partial charge is 0.495 e. The van der Waals surface area contributed by atoms with Crippen molar-refractivity contribution >= 4 is 37.7 Å². The van der Waals surface area contributed by atoms with Gasteiger partial charge in [-0.3, -0.25) is 0 Å². The summed E-state index contributed by atoms with van der Waals surface area (Å²) in [5.74, 6) is 1.47. The summed E-state index contributed by atoms with van der Waals surface area (Å²) in [6, 6.07) is 4.94. The van der Waals surface area contributed by atoms with E-state index in [1.165, 1.54) is 7.11 Å². The zero-order chi connectivity index (χ0) is 15.0. The first-order chi connectivity index (χ1) is 9.51. The van der Waals surface area contributed by atoms with Crippen LogP contribution in [0.5, 0.6) is 5.75 Å². The number of hydrogen-bond donors (Lipinski definition) is 1. The average molecular weight is 382 g/mol. The molecule has 0 aliphatic rings. The van der Waals surface area contributed by atoms with Gasteiger partial charge in [-0.05, 0) is 43.0 Å². The third-order valence-corrected chi connectivity index (χ3v) is 5.40. The molecule has 0 saturated carbocycles. The number of thioether (sulfide) groups is 1. The van der Waals surface area contributed by atoms with Gasteiger partial charge in [0.1, 0.15) is 10.6 Å². The van der Waals surface area contributed by atoms with E-state index >= 15 is 0 Å². The Kier molecular flexibility index (Phi) is 7.94. The van der Waals surface area contributed by atoms with Crippen LogP contribution in [0, 0.1) is 0 Å². The lowest BCUT2D eigenvalue weighted by Crippen LogP contribution is -2.25. The normalized spacial score (nSPS) is 11.6. The van der Waals surface area contributed by atoms with E-state index in [4.69, 9.17) is 4.74 Å². The molecule has 7 heteroatoms. The van der Waals surface area contributed by atoms with Gasteiger partial charge in [-0.1, -0.05) is 22.4 Å². The van der Waals surface area contributed by atoms with Gasteiger partial charge in [0.15, 0.2) is 0 Å². The molecule has 1 N–H and O–H groups in total. The molecule has 1 aromatic rings. The van der Waals surface area contributed by atoms with E-state index in [0.717, 1.165) is 25.0 Å². The second-order valence-electron chi connectivity index (χ2n) is 4.25. The van der Waals surface area contributed by atoms with Crippen molar-refractivity contribution in [2.75, 3.05) is 25.7 Å². The van der Waals surface area contributed by atoms with Crippen LogP contribution in [0.15, 0.2) is 27.6 Å². The number of nitrogens with one attached hydrogen (secondary N) is 1. The maximum absolute atomic E-state index is 12.2. The molecule has 20 heavy (non-hydrogen) atoms. The minimum atomic E-state index is -3.53. The lowest BCUT2D eigenvalue weighted by atomic mass is 10.2. The van der Waals surface area contributed by atoms with Gasteiger partial charge in [-0.2, -0.15) is 11.8 Å². The molecule has 1 aromatic carbocycles. The Morgan fingerprint density at radius 2 is 2.05 bits per heavy atom. The number of methoxy groups -OCH3 is 1. The van der Waals surface area contributed by atoms with Crippen molar-refractivity contribution < 1.29 is 13.2 Å². The standard InChI is InChI=1S/C13H20BrNO3S2/c1-18-12-7-6-11(14)10-13(12)20(16,17)15-8-4-3-5-9-19-2/h6-7,10,15H,3-5,8-9H2,1-2H3. The van der Waals surface area contributed by atoms with Gasteiger partial charge in [-0.25, -0.2) is 13.1 Å². The molecule has 0 bridgehead atoms. The Balaban J connectivity index is 2.62. The van der Waals surface area contributed by atoms with Crippen molar-refractivity contribution in [3.63, 3.8) is 0 Å². The maximum atomic E-state index is 12.2. The van der Waals surface area contributed by atoms with Crippen LogP contribution in [0.25, 0.3) is 0 Å². The van der Waals surface area contributed by atoms with Crippen LogP contribution >= 0.6 is 27.7 Å². The molecule has 0 saturated heterocycles. The first-order valence-corrected chi connectivity index (χ1v) is 10.0. The molecule has 0 heterocycles. The van der Waals surface area contributed by atoms with Crippen molar-refractivity contribution in [3.8, 4) is 5.75 Å². The molecule has 1 rings (SSSR count). The highest BCUT2D eigenvalue weighted by molar-refractivity contribution is 9.10. The first kappa shape index (κ1) is 17.8. The number of ether oxygens (including phenoxy) is 1. The van der Waals surface area contributed by atoms with Crippen molar-refractivity contribution in [1.82, 2.24) is 4.72 Å². The van der Waals surface area contributed by atoms with E-state index in [0.29, 0.717) is 16.8 Å². The molecule has 0 amide bonds. The van der Waals surface area contributed by atoms with Crippen LogP contribution in [0.2, 0.25) is 0 Å². The zero-order valence-corrected chi connectivity index (χ0v) is 14.9. The lowest BCUT2D eigenvalue weighted by Gasteiger charge is -2.11. The van der Waals surface area contributed by atoms with Crippen molar-refractivity contribution in [1.29, 1.82) is 0 Å². The predicted octanol–water partition coefficient (Wildman–Crippen LogP) is 3.27. The lowest BCUT2D eigenvalue weighted by molar-refractivity contribution is 0.402. The Labute approximate surface area is 133 Å². The summed E-state index contributed by atoms with van der Waals surface area (Å²) in [7, 11) is -2.07. The molecule has 114 valence electrons. The van der Waals surface area contributed by atoms with E-state index in [1.807, 2.05) is 11.8 Å². The Bertz CT molecular complexity index is 520. The minimum Gasteiger partial charge on any atom is -0.495 e. The molecule has 0 fully saturated rings. The summed E-state index contributed by atoms with van der Waals surface area (Å²) < 4.78 is 32.9. The van der Waals surface area contributed by atoms with E-state index < -0.39 is 10.0 Å². The van der Waals surface area contributed by atoms with E-state index in [9.17, 15) is 8.42 Å². The van der Waals surface area contributed by atoms with Gasteiger partial charge in [-0.15, -0.1) is 0 Å². The molecule has 4 nitrogen and oxygen atoms in total. The molecule has 0 aromatic heterocycles. The zero-order valence-electron chi connectivity index (χ0n) is 11.7. The fraction of sp³-hybridized carbons (Fsp3) is 0.538. The fourth-order valence-electron chi connectivity index (χ4n) is 1.69. The maximum Gasteiger partial charge on any atom is 0.244 e. The van der Waals surface area contributed by atoms with Crippen LogP contribution in [-0.2, 0) is 10.0 Å². The minimum absolute atomic E-state index is 0.165. The summed E-state index contributed by atoms with van der Waals surface area (Å²) in [4.78, 5) is 0.165. The van der Waals surface area contributed by atoms with Gasteiger partial charge in [0.2, 0.25) is 10.0 Å². The average Bonchev–Trinajstić information content (AvgIpc) is 2.42. The Hall–Kier alpha value is -0.240. The van der Waals surface area contributed by atoms with Gasteiger partial charge in [0, 0.05) is 11.0 Å². The number of unbranched alkanes of at least 4 members (excludes halogenated alkanes) is 2. The topological polar surface area (TPSA) is 55.4 Å². The van der Waals surface area contributed by atoms with Crippen LogP contribution in [0.1, 0.15) is 19.3 Å². The smallest absolute Gasteiger partial charge is 0.244 e. The van der Waals surface area contributed by atoms with Crippen molar-refractivity contribution in [3.05, 3.63) is 22.7 Å². The summed E-state index contributed by atoms with van der Waals surface area (Å²) in [5.41, 5.74) is 0. The van der Waals surface area contributed by atoms with Crippen LogP contribution in [-0.4, -0.2) is 34.1 Å². The number of hydrogen-bond acceptors (Lipinski definition) is 4. The van der Waals surface area contributed by atoms with Crippen LogP contribution in [0.3, 0.4) is 0 Å². The fourth-order valence-corrected chi connectivity index (χ4v) is 3.97.